The molecule has 190 valence electrons. The Hall–Kier alpha value is -3.01. The number of carbonyl (C=O) groups is 2. The van der Waals surface area contributed by atoms with Crippen molar-refractivity contribution in [2.75, 3.05) is 40.4 Å². The average Bonchev–Trinajstić information content (AvgIpc) is 3.29. The summed E-state index contributed by atoms with van der Waals surface area (Å²) >= 11 is 0. The molecule has 2 aliphatic rings. The minimum Gasteiger partial charge on any atom is -0.493 e. The second kappa shape index (κ2) is 9.56. The monoisotopic (exact) mass is 493 g/mol. The fourth-order valence-corrected chi connectivity index (χ4v) is 5.15. The summed E-state index contributed by atoms with van der Waals surface area (Å²) in [4.78, 5) is 29.1. The number of methoxy groups -OCH3 is 1. The average molecular weight is 494 g/mol. The normalized spacial score (nSPS) is 17.8. The largest absolute Gasteiger partial charge is 0.493 e. The summed E-state index contributed by atoms with van der Waals surface area (Å²) in [6, 6.07) is 8.02. The van der Waals surface area contributed by atoms with Crippen LogP contribution < -0.4 is 9.47 Å². The lowest BCUT2D eigenvalue weighted by atomic mass is 9.81. The number of aromatic nitrogens is 1. The van der Waals surface area contributed by atoms with E-state index in [2.05, 4.69) is 4.90 Å². The smallest absolute Gasteiger partial charge is 0.456 e. The lowest BCUT2D eigenvalue weighted by Gasteiger charge is -2.50. The number of fused-ring (bicyclic) bond motifs is 2. The van der Waals surface area contributed by atoms with E-state index in [-0.39, 0.29) is 11.6 Å². The Kier molecular flexibility index (Phi) is 6.86. The highest BCUT2D eigenvalue weighted by Crippen LogP contribution is 2.42. The first-order chi connectivity index (χ1) is 16.6. The highest BCUT2D eigenvalue weighted by Gasteiger charge is 2.47. The van der Waals surface area contributed by atoms with Crippen LogP contribution >= 0.6 is 0 Å². The number of carbonyl (C=O) groups excluding carboxylic acids is 2. The van der Waals surface area contributed by atoms with Gasteiger partial charge in [0.1, 0.15) is 0 Å². The Morgan fingerprint density at radius 3 is 2.37 bits per heavy atom. The van der Waals surface area contributed by atoms with Crippen LogP contribution in [0.3, 0.4) is 0 Å². The van der Waals surface area contributed by atoms with Crippen LogP contribution in [0.2, 0.25) is 0 Å². The Bertz CT molecular complexity index is 1100. The molecule has 1 fully saturated rings. The number of nitrogens with zero attached hydrogens (tertiary/aromatic N) is 3. The number of likely N-dealkylation sites (tertiary alicyclic amines) is 1. The molecule has 2 aromatic rings. The number of benzene rings is 1. The number of alkyl halides is 3. The molecule has 0 bridgehead atoms. The number of rotatable bonds is 6. The summed E-state index contributed by atoms with van der Waals surface area (Å²) in [7, 11) is 3.47. The number of Topliss-reactive ketones (excluding diaryl/α,β-unsaturated/α-hetero) is 1. The first kappa shape index (κ1) is 25.1. The van der Waals surface area contributed by atoms with Crippen molar-refractivity contribution in [3.8, 4) is 11.5 Å². The molecule has 0 saturated carbocycles. The van der Waals surface area contributed by atoms with E-state index in [1.165, 1.54) is 17.7 Å². The molecular weight excluding hydrogens is 463 g/mol. The molecule has 35 heavy (non-hydrogen) atoms. The Morgan fingerprint density at radius 1 is 1.03 bits per heavy atom. The number of halogens is 3. The van der Waals surface area contributed by atoms with Crippen molar-refractivity contribution >= 4 is 11.7 Å². The maximum atomic E-state index is 13.2. The molecular formula is C25H30F3N3O4. The maximum Gasteiger partial charge on any atom is 0.456 e. The molecule has 0 radical (unpaired) electrons. The van der Waals surface area contributed by atoms with E-state index in [1.54, 1.807) is 29.2 Å². The van der Waals surface area contributed by atoms with Crippen LogP contribution in [0.1, 0.15) is 52.7 Å². The Labute approximate surface area is 202 Å². The van der Waals surface area contributed by atoms with E-state index in [9.17, 15) is 22.8 Å². The van der Waals surface area contributed by atoms with Crippen molar-refractivity contribution in [2.24, 2.45) is 0 Å². The van der Waals surface area contributed by atoms with Crippen molar-refractivity contribution in [2.45, 2.75) is 44.4 Å². The van der Waals surface area contributed by atoms with Gasteiger partial charge in [0.05, 0.1) is 24.9 Å². The third-order valence-corrected chi connectivity index (χ3v) is 7.09. The summed E-state index contributed by atoms with van der Waals surface area (Å²) in [6.07, 6.45) is -2.97. The molecule has 1 saturated heterocycles. The number of amides is 1. The Morgan fingerprint density at radius 2 is 1.74 bits per heavy atom. The van der Waals surface area contributed by atoms with E-state index >= 15 is 0 Å². The number of hydrogen-bond acceptors (Lipinski definition) is 5. The number of hydrogen-bond donors (Lipinski definition) is 0. The maximum absolute atomic E-state index is 13.2. The van der Waals surface area contributed by atoms with E-state index in [0.29, 0.717) is 68.4 Å². The van der Waals surface area contributed by atoms with Gasteiger partial charge < -0.3 is 18.9 Å². The Balaban J connectivity index is 1.53. The van der Waals surface area contributed by atoms with Gasteiger partial charge in [-0.3, -0.25) is 14.5 Å². The van der Waals surface area contributed by atoms with Gasteiger partial charge in [0.2, 0.25) is 0 Å². The van der Waals surface area contributed by atoms with Gasteiger partial charge in [-0.1, -0.05) is 6.92 Å². The van der Waals surface area contributed by atoms with Crippen LogP contribution in [-0.2, 0) is 12.1 Å². The molecule has 0 aliphatic carbocycles. The van der Waals surface area contributed by atoms with Gasteiger partial charge in [-0.15, -0.1) is 0 Å². The highest BCUT2D eigenvalue weighted by atomic mass is 19.4. The van der Waals surface area contributed by atoms with Crippen molar-refractivity contribution in [3.63, 3.8) is 0 Å². The van der Waals surface area contributed by atoms with Crippen molar-refractivity contribution in [3.05, 3.63) is 47.3 Å². The molecule has 1 aromatic carbocycles. The minimum absolute atomic E-state index is 0.137. The van der Waals surface area contributed by atoms with E-state index in [0.717, 1.165) is 6.42 Å². The second-order valence-electron chi connectivity index (χ2n) is 9.04. The van der Waals surface area contributed by atoms with Crippen LogP contribution in [0.4, 0.5) is 13.2 Å². The number of ether oxygens (including phenoxy) is 2. The molecule has 2 aliphatic heterocycles. The summed E-state index contributed by atoms with van der Waals surface area (Å²) in [5.41, 5.74) is 0.329. The number of piperidine rings is 1. The molecule has 7 nitrogen and oxygen atoms in total. The zero-order valence-corrected chi connectivity index (χ0v) is 20.2. The topological polar surface area (TPSA) is 64.0 Å². The third-order valence-electron chi connectivity index (χ3n) is 7.09. The van der Waals surface area contributed by atoms with Crippen LogP contribution in [0.5, 0.6) is 11.5 Å². The van der Waals surface area contributed by atoms with Gasteiger partial charge in [-0.05, 0) is 56.6 Å². The highest BCUT2D eigenvalue weighted by molar-refractivity contribution is 5.99. The molecule has 0 unspecified atom stereocenters. The summed E-state index contributed by atoms with van der Waals surface area (Å²) in [6.45, 7) is 4.25. The standard InChI is InChI=1S/C25H30F3N3O4/c1-4-15-35-19-7-5-17(16-20(19)34-3)23(33)30-11-9-24(10-12-30)21-8-6-18(22(32)25(26,27)28)31(21)14-13-29(24)2/h5-8,16H,4,9-15H2,1-3H3. The van der Waals surface area contributed by atoms with E-state index < -0.39 is 17.5 Å². The fraction of sp³-hybridized carbons (Fsp3) is 0.520. The molecule has 3 heterocycles. The molecule has 4 rings (SSSR count). The number of ketones is 1. The molecule has 0 atom stereocenters. The molecule has 0 N–H and O–H groups in total. The van der Waals surface area contributed by atoms with Gasteiger partial charge in [-0.2, -0.15) is 13.2 Å². The summed E-state index contributed by atoms with van der Waals surface area (Å²) < 4.78 is 51.9. The van der Waals surface area contributed by atoms with Crippen molar-refractivity contribution in [1.29, 1.82) is 0 Å². The van der Waals surface area contributed by atoms with Crippen LogP contribution in [0.15, 0.2) is 30.3 Å². The molecule has 10 heteroatoms. The predicted octanol–water partition coefficient (Wildman–Crippen LogP) is 4.11. The minimum atomic E-state index is -4.92. The second-order valence-corrected chi connectivity index (χ2v) is 9.04. The fourth-order valence-electron chi connectivity index (χ4n) is 5.15. The zero-order valence-electron chi connectivity index (χ0n) is 20.2. The SMILES string of the molecule is CCCOc1ccc(C(=O)N2CCC3(CC2)c2ccc(C(=O)C(F)(F)F)n2CCN3C)cc1OC. The summed E-state index contributed by atoms with van der Waals surface area (Å²) in [5.74, 6) is -0.889. The molecule has 1 aromatic heterocycles. The molecule has 1 spiro atoms. The van der Waals surface area contributed by atoms with E-state index in [4.69, 9.17) is 9.47 Å². The first-order valence-corrected chi connectivity index (χ1v) is 11.7. The molecule has 1 amide bonds. The zero-order chi connectivity index (χ0) is 25.4. The van der Waals surface area contributed by atoms with E-state index in [1.807, 2.05) is 14.0 Å². The van der Waals surface area contributed by atoms with Crippen LogP contribution in [-0.4, -0.2) is 72.6 Å². The number of likely N-dealkylation sites (N-methyl/N-ethyl adjacent to an activating group) is 1. The van der Waals surface area contributed by atoms with Crippen molar-refractivity contribution < 1.29 is 32.2 Å². The predicted molar refractivity (Wildman–Crippen MR) is 123 cm³/mol. The lowest BCUT2D eigenvalue weighted by molar-refractivity contribution is -0.0892. The van der Waals surface area contributed by atoms with Crippen LogP contribution in [0, 0.1) is 0 Å². The van der Waals surface area contributed by atoms with Crippen LogP contribution in [0.25, 0.3) is 0 Å². The van der Waals surface area contributed by atoms with Crippen molar-refractivity contribution in [1.82, 2.24) is 14.4 Å². The lowest BCUT2D eigenvalue weighted by Crippen LogP contribution is -2.56. The summed E-state index contributed by atoms with van der Waals surface area (Å²) in [5, 5.41) is 0. The van der Waals surface area contributed by atoms with Gasteiger partial charge in [0, 0.05) is 37.4 Å². The van der Waals surface area contributed by atoms with Gasteiger partial charge in [0.25, 0.3) is 11.7 Å². The quantitative estimate of drug-likeness (QED) is 0.567. The first-order valence-electron chi connectivity index (χ1n) is 11.7. The van der Waals surface area contributed by atoms with Gasteiger partial charge >= 0.3 is 6.18 Å². The van der Waals surface area contributed by atoms with Gasteiger partial charge in [0.15, 0.2) is 11.5 Å². The van der Waals surface area contributed by atoms with Gasteiger partial charge in [-0.25, -0.2) is 0 Å². The third kappa shape index (κ3) is 4.51.